The Morgan fingerprint density at radius 1 is 0.833 bits per heavy atom. The molecule has 2 aromatic carbocycles. The van der Waals surface area contributed by atoms with E-state index in [1.54, 1.807) is 0 Å². The third-order valence-electron chi connectivity index (χ3n) is 3.81. The zero-order chi connectivity index (χ0) is 17.7. The molecule has 2 rings (SSSR count). The highest BCUT2D eigenvalue weighted by molar-refractivity contribution is 6.36. The lowest BCUT2D eigenvalue weighted by molar-refractivity contribution is -0.134. The summed E-state index contributed by atoms with van der Waals surface area (Å²) in [4.78, 5) is 22.4. The average Bonchev–Trinajstić information content (AvgIpc) is 2.53. The van der Waals surface area contributed by atoms with Gasteiger partial charge in [0.25, 0.3) is 0 Å². The zero-order valence-corrected chi connectivity index (χ0v) is 14.6. The molecule has 0 aliphatic carbocycles. The molecular weight excluding hydrogens is 296 g/mol. The Bertz CT molecular complexity index is 792. The van der Waals surface area contributed by atoms with Crippen LogP contribution in [-0.4, -0.2) is 11.6 Å². The molecule has 0 aliphatic rings. The lowest BCUT2D eigenvalue weighted by atomic mass is 9.87. The zero-order valence-electron chi connectivity index (χ0n) is 14.6. The van der Waals surface area contributed by atoms with Crippen molar-refractivity contribution in [2.24, 2.45) is 0 Å². The summed E-state index contributed by atoms with van der Waals surface area (Å²) < 4.78 is 0. The van der Waals surface area contributed by atoms with E-state index in [2.05, 4.69) is 44.7 Å². The maximum Gasteiger partial charge on any atom is 0.202 e. The molecule has 0 spiro atoms. The van der Waals surface area contributed by atoms with Gasteiger partial charge < -0.3 is 0 Å². The minimum absolute atomic E-state index is 0.138. The van der Waals surface area contributed by atoms with Crippen molar-refractivity contribution in [1.29, 1.82) is 0 Å². The summed E-state index contributed by atoms with van der Waals surface area (Å²) in [5.74, 6) is 5.49. The lowest BCUT2D eigenvalue weighted by Gasteiger charge is -2.18. The van der Waals surface area contributed by atoms with Gasteiger partial charge in [-0.2, -0.15) is 0 Å². The van der Waals surface area contributed by atoms with E-state index < -0.39 is 5.78 Å². The molecule has 0 heterocycles. The molecule has 2 nitrogen and oxygen atoms in total. The number of hydrogen-bond acceptors (Lipinski definition) is 2. The highest BCUT2D eigenvalue weighted by Crippen LogP contribution is 2.21. The molecule has 0 radical (unpaired) electrons. The standard InChI is InChI=1S/C22H22O2/c1-16(23)21(24)15-19-9-7-17(8-10-19)5-6-18-11-13-20(14-12-18)22(2,3)4/h7-14H,15H2,1-4H3. The number of carbonyl (C=O) groups excluding carboxylic acids is 2. The maximum atomic E-state index is 11.4. The van der Waals surface area contributed by atoms with Gasteiger partial charge in [0.1, 0.15) is 0 Å². The van der Waals surface area contributed by atoms with E-state index in [-0.39, 0.29) is 17.6 Å². The Hall–Kier alpha value is -2.66. The van der Waals surface area contributed by atoms with Gasteiger partial charge in [-0.15, -0.1) is 0 Å². The van der Waals surface area contributed by atoms with Crippen molar-refractivity contribution in [3.63, 3.8) is 0 Å². The molecule has 0 aromatic heterocycles. The number of Topliss-reactive ketones (excluding diaryl/α,β-unsaturated/α-hetero) is 2. The molecule has 122 valence electrons. The van der Waals surface area contributed by atoms with Gasteiger partial charge in [-0.25, -0.2) is 0 Å². The van der Waals surface area contributed by atoms with Crippen LogP contribution in [0.3, 0.4) is 0 Å². The fourth-order valence-electron chi connectivity index (χ4n) is 2.21. The van der Waals surface area contributed by atoms with Crippen LogP contribution in [-0.2, 0) is 21.4 Å². The van der Waals surface area contributed by atoms with Crippen molar-refractivity contribution in [3.8, 4) is 11.8 Å². The van der Waals surface area contributed by atoms with E-state index in [0.717, 1.165) is 16.7 Å². The van der Waals surface area contributed by atoms with Gasteiger partial charge >= 0.3 is 0 Å². The summed E-state index contributed by atoms with van der Waals surface area (Å²) in [6, 6.07) is 15.7. The van der Waals surface area contributed by atoms with E-state index in [1.165, 1.54) is 12.5 Å². The van der Waals surface area contributed by atoms with Crippen LogP contribution in [0.1, 0.15) is 49.9 Å². The number of carbonyl (C=O) groups is 2. The minimum atomic E-state index is -0.405. The molecule has 0 N–H and O–H groups in total. The quantitative estimate of drug-likeness (QED) is 0.631. The van der Waals surface area contributed by atoms with E-state index in [4.69, 9.17) is 0 Å². The van der Waals surface area contributed by atoms with Crippen molar-refractivity contribution in [2.75, 3.05) is 0 Å². The summed E-state index contributed by atoms with van der Waals surface area (Å²) >= 11 is 0. The van der Waals surface area contributed by atoms with Crippen LogP contribution in [0.2, 0.25) is 0 Å². The molecule has 0 saturated heterocycles. The summed E-state index contributed by atoms with van der Waals surface area (Å²) in [6.45, 7) is 7.86. The van der Waals surface area contributed by atoms with Crippen molar-refractivity contribution < 1.29 is 9.59 Å². The summed E-state index contributed by atoms with van der Waals surface area (Å²) in [6.07, 6.45) is 0.150. The van der Waals surface area contributed by atoms with Gasteiger partial charge in [0.15, 0.2) is 5.78 Å². The van der Waals surface area contributed by atoms with Crippen LogP contribution < -0.4 is 0 Å². The number of ketones is 2. The summed E-state index contributed by atoms with van der Waals surface area (Å²) in [7, 11) is 0. The maximum absolute atomic E-state index is 11.4. The Morgan fingerprint density at radius 3 is 1.71 bits per heavy atom. The van der Waals surface area contributed by atoms with Crippen molar-refractivity contribution in [2.45, 2.75) is 39.5 Å². The SMILES string of the molecule is CC(=O)C(=O)Cc1ccc(C#Cc2ccc(C(C)(C)C)cc2)cc1. The van der Waals surface area contributed by atoms with Crippen LogP contribution >= 0.6 is 0 Å². The molecule has 2 heteroatoms. The Balaban J connectivity index is 2.08. The predicted molar refractivity (Wildman–Crippen MR) is 97.0 cm³/mol. The monoisotopic (exact) mass is 318 g/mol. The fourth-order valence-corrected chi connectivity index (χ4v) is 2.21. The van der Waals surface area contributed by atoms with Gasteiger partial charge in [-0.05, 0) is 40.8 Å². The molecule has 0 aliphatic heterocycles. The molecule has 0 bridgehead atoms. The van der Waals surface area contributed by atoms with Gasteiger partial charge in [0.05, 0.1) is 0 Å². The Labute approximate surface area is 143 Å². The van der Waals surface area contributed by atoms with E-state index in [9.17, 15) is 9.59 Å². The molecule has 0 amide bonds. The molecule has 24 heavy (non-hydrogen) atoms. The van der Waals surface area contributed by atoms with Gasteiger partial charge in [-0.1, -0.05) is 56.9 Å². The van der Waals surface area contributed by atoms with E-state index in [0.29, 0.717) is 0 Å². The first-order valence-electron chi connectivity index (χ1n) is 8.01. The first-order chi connectivity index (χ1) is 11.3. The largest absolute Gasteiger partial charge is 0.291 e. The normalized spacial score (nSPS) is 10.7. The first-order valence-corrected chi connectivity index (χ1v) is 8.01. The summed E-state index contributed by atoms with van der Waals surface area (Å²) in [5.41, 5.74) is 4.11. The number of benzene rings is 2. The molecule has 2 aromatic rings. The molecule has 0 fully saturated rings. The minimum Gasteiger partial charge on any atom is -0.291 e. The van der Waals surface area contributed by atoms with E-state index in [1.807, 2.05) is 36.4 Å². The second-order valence-corrected chi connectivity index (χ2v) is 6.93. The highest BCUT2D eigenvalue weighted by Gasteiger charge is 2.12. The van der Waals surface area contributed by atoms with Gasteiger partial charge in [0.2, 0.25) is 5.78 Å². The highest BCUT2D eigenvalue weighted by atomic mass is 16.2. The van der Waals surface area contributed by atoms with Crippen LogP contribution in [0.15, 0.2) is 48.5 Å². The third-order valence-corrected chi connectivity index (χ3v) is 3.81. The second kappa shape index (κ2) is 7.27. The Morgan fingerprint density at radius 2 is 1.29 bits per heavy atom. The van der Waals surface area contributed by atoms with Crippen LogP contribution in [0, 0.1) is 11.8 Å². The predicted octanol–water partition coefficient (Wildman–Crippen LogP) is 4.08. The Kier molecular flexibility index (Phi) is 5.36. The van der Waals surface area contributed by atoms with Crippen LogP contribution in [0.5, 0.6) is 0 Å². The smallest absolute Gasteiger partial charge is 0.202 e. The lowest BCUT2D eigenvalue weighted by Crippen LogP contribution is -2.12. The third kappa shape index (κ3) is 4.93. The van der Waals surface area contributed by atoms with E-state index >= 15 is 0 Å². The van der Waals surface area contributed by atoms with Gasteiger partial charge in [-0.3, -0.25) is 9.59 Å². The van der Waals surface area contributed by atoms with Gasteiger partial charge in [0, 0.05) is 24.5 Å². The number of hydrogen-bond donors (Lipinski definition) is 0. The topological polar surface area (TPSA) is 34.1 Å². The van der Waals surface area contributed by atoms with Crippen molar-refractivity contribution >= 4 is 11.6 Å². The number of rotatable bonds is 3. The molecule has 0 atom stereocenters. The second-order valence-electron chi connectivity index (χ2n) is 6.93. The fraction of sp³-hybridized carbons (Fsp3) is 0.273. The molecular formula is C22H22O2. The van der Waals surface area contributed by atoms with Crippen LogP contribution in [0.25, 0.3) is 0 Å². The first kappa shape index (κ1) is 17.7. The summed E-state index contributed by atoms with van der Waals surface area (Å²) in [5, 5.41) is 0. The molecule has 0 unspecified atom stereocenters. The van der Waals surface area contributed by atoms with Crippen molar-refractivity contribution in [1.82, 2.24) is 0 Å². The van der Waals surface area contributed by atoms with Crippen LogP contribution in [0.4, 0.5) is 0 Å². The van der Waals surface area contributed by atoms with Crippen molar-refractivity contribution in [3.05, 3.63) is 70.8 Å². The molecule has 0 saturated carbocycles. The average molecular weight is 318 g/mol.